The second-order valence-corrected chi connectivity index (χ2v) is 5.60. The summed E-state index contributed by atoms with van der Waals surface area (Å²) in [6.07, 6.45) is 0. The van der Waals surface area contributed by atoms with E-state index in [-0.39, 0.29) is 5.78 Å². The highest BCUT2D eigenvalue weighted by Gasteiger charge is 2.17. The van der Waals surface area contributed by atoms with Gasteiger partial charge in [-0.2, -0.15) is 0 Å². The summed E-state index contributed by atoms with van der Waals surface area (Å²) in [5, 5.41) is 2.83. The minimum Gasteiger partial charge on any atom is -0.291 e. The van der Waals surface area contributed by atoms with E-state index in [2.05, 4.69) is 15.9 Å². The fourth-order valence-electron chi connectivity index (χ4n) is 1.29. The van der Waals surface area contributed by atoms with Gasteiger partial charge in [0.05, 0.1) is 0 Å². The van der Waals surface area contributed by atoms with Crippen molar-refractivity contribution in [2.45, 2.75) is 4.29 Å². The Morgan fingerprint density at radius 1 is 1.43 bits per heavy atom. The van der Waals surface area contributed by atoms with Crippen LogP contribution in [0.25, 0.3) is 10.1 Å². The van der Waals surface area contributed by atoms with Crippen LogP contribution in [-0.4, -0.2) is 10.1 Å². The highest BCUT2D eigenvalue weighted by Crippen LogP contribution is 2.28. The van der Waals surface area contributed by atoms with Gasteiger partial charge in [-0.05, 0) is 6.07 Å². The third-order valence-corrected chi connectivity index (χ3v) is 3.52. The monoisotopic (exact) mass is 288 g/mol. The molecule has 0 bridgehead atoms. The summed E-state index contributed by atoms with van der Waals surface area (Å²) in [5.74, 6) is -0.0795. The van der Waals surface area contributed by atoms with Crippen molar-refractivity contribution >= 4 is 54.7 Å². The Bertz CT molecular complexity index is 478. The van der Waals surface area contributed by atoms with Crippen LogP contribution in [0, 0.1) is 0 Å². The number of benzene rings is 1. The fraction of sp³-hybridized carbons (Fsp3) is 0.100. The Morgan fingerprint density at radius 2 is 2.14 bits per heavy atom. The van der Waals surface area contributed by atoms with E-state index in [1.807, 2.05) is 29.6 Å². The van der Waals surface area contributed by atoms with Crippen LogP contribution in [0.3, 0.4) is 0 Å². The van der Waals surface area contributed by atoms with Gasteiger partial charge in [0.2, 0.25) is 0 Å². The summed E-state index contributed by atoms with van der Waals surface area (Å²) in [7, 11) is 0. The van der Waals surface area contributed by atoms with Gasteiger partial charge in [0.1, 0.15) is 0 Å². The number of thiophene rings is 1. The van der Waals surface area contributed by atoms with E-state index in [0.717, 1.165) is 10.1 Å². The van der Waals surface area contributed by atoms with E-state index < -0.39 is 4.29 Å². The molecule has 0 N–H and O–H groups in total. The smallest absolute Gasteiger partial charge is 0.192 e. The molecule has 0 fully saturated rings. The number of hydrogen-bond acceptors (Lipinski definition) is 2. The summed E-state index contributed by atoms with van der Waals surface area (Å²) in [4.78, 5) is 11.6. The van der Waals surface area contributed by atoms with Crippen molar-refractivity contribution in [2.75, 3.05) is 0 Å². The first kappa shape index (κ1) is 10.1. The van der Waals surface area contributed by atoms with Crippen LogP contribution in [0.1, 0.15) is 10.4 Å². The Kier molecular flexibility index (Phi) is 2.91. The lowest BCUT2D eigenvalue weighted by Gasteiger charge is -1.98. The van der Waals surface area contributed by atoms with Crippen molar-refractivity contribution in [3.63, 3.8) is 0 Å². The maximum Gasteiger partial charge on any atom is 0.192 e. The SMILES string of the molecule is O=C(c1csc2ccccc12)C(Cl)Br. The molecule has 0 saturated carbocycles. The topological polar surface area (TPSA) is 17.1 Å². The molecule has 2 rings (SSSR count). The molecule has 1 nitrogen and oxygen atoms in total. The van der Waals surface area contributed by atoms with Crippen LogP contribution in [0.15, 0.2) is 29.6 Å². The van der Waals surface area contributed by atoms with Crippen LogP contribution in [0.2, 0.25) is 0 Å². The number of carbonyl (C=O) groups is 1. The molecule has 1 heterocycles. The van der Waals surface area contributed by atoms with E-state index in [1.165, 1.54) is 0 Å². The van der Waals surface area contributed by atoms with Crippen molar-refractivity contribution in [1.82, 2.24) is 0 Å². The van der Waals surface area contributed by atoms with Gasteiger partial charge in [0.25, 0.3) is 0 Å². The average Bonchev–Trinajstić information content (AvgIpc) is 2.60. The number of alkyl halides is 2. The quantitative estimate of drug-likeness (QED) is 0.602. The molecule has 1 atom stereocenters. The molecule has 4 heteroatoms. The first-order valence-electron chi connectivity index (χ1n) is 3.99. The lowest BCUT2D eigenvalue weighted by Crippen LogP contribution is -2.06. The second kappa shape index (κ2) is 4.01. The molecule has 0 spiro atoms. The lowest BCUT2D eigenvalue weighted by molar-refractivity contribution is 0.101. The first-order chi connectivity index (χ1) is 6.70. The van der Waals surface area contributed by atoms with Crippen molar-refractivity contribution in [2.24, 2.45) is 0 Å². The molecule has 0 aliphatic rings. The highest BCUT2D eigenvalue weighted by atomic mass is 79.9. The minimum absolute atomic E-state index is 0.0795. The van der Waals surface area contributed by atoms with Gasteiger partial charge in [0, 0.05) is 21.0 Å². The van der Waals surface area contributed by atoms with Gasteiger partial charge >= 0.3 is 0 Å². The summed E-state index contributed by atoms with van der Waals surface area (Å²) in [5.41, 5.74) is 0.697. The van der Waals surface area contributed by atoms with Crippen molar-refractivity contribution in [1.29, 1.82) is 0 Å². The molecular weight excluding hydrogens is 284 g/mol. The van der Waals surface area contributed by atoms with Crippen LogP contribution in [0.4, 0.5) is 0 Å². The zero-order valence-electron chi connectivity index (χ0n) is 7.04. The predicted octanol–water partition coefficient (Wildman–Crippen LogP) is 4.04. The number of carbonyl (C=O) groups excluding carboxylic acids is 1. The summed E-state index contributed by atoms with van der Waals surface area (Å²) < 4.78 is 0.473. The maximum atomic E-state index is 11.6. The van der Waals surface area contributed by atoms with Gasteiger partial charge in [0.15, 0.2) is 10.1 Å². The molecule has 2 aromatic rings. The van der Waals surface area contributed by atoms with Gasteiger partial charge in [-0.15, -0.1) is 22.9 Å². The number of Topliss-reactive ketones (excluding diaryl/α,β-unsaturated/α-hetero) is 1. The van der Waals surface area contributed by atoms with Crippen LogP contribution in [0.5, 0.6) is 0 Å². The van der Waals surface area contributed by atoms with Gasteiger partial charge in [-0.25, -0.2) is 0 Å². The van der Waals surface area contributed by atoms with E-state index in [0.29, 0.717) is 5.56 Å². The molecule has 0 saturated heterocycles. The molecule has 1 aromatic heterocycles. The molecular formula is C10H6BrClOS. The molecule has 0 aliphatic heterocycles. The van der Waals surface area contributed by atoms with E-state index in [9.17, 15) is 4.79 Å². The Hall–Kier alpha value is -0.380. The minimum atomic E-state index is -0.638. The van der Waals surface area contributed by atoms with Crippen LogP contribution >= 0.6 is 38.9 Å². The van der Waals surface area contributed by atoms with E-state index in [1.54, 1.807) is 11.3 Å². The van der Waals surface area contributed by atoms with Gasteiger partial charge in [-0.1, -0.05) is 34.1 Å². The Balaban J connectivity index is 2.58. The predicted molar refractivity (Wildman–Crippen MR) is 64.7 cm³/mol. The van der Waals surface area contributed by atoms with Crippen molar-refractivity contribution < 1.29 is 4.79 Å². The largest absolute Gasteiger partial charge is 0.291 e. The second-order valence-electron chi connectivity index (χ2n) is 2.81. The molecule has 0 amide bonds. The van der Waals surface area contributed by atoms with Gasteiger partial charge < -0.3 is 0 Å². The molecule has 72 valence electrons. The number of ketones is 1. The maximum absolute atomic E-state index is 11.6. The number of halogens is 2. The number of fused-ring (bicyclic) bond motifs is 1. The van der Waals surface area contributed by atoms with Crippen molar-refractivity contribution in [3.05, 3.63) is 35.2 Å². The highest BCUT2D eigenvalue weighted by molar-refractivity contribution is 9.10. The van der Waals surface area contributed by atoms with Gasteiger partial charge in [-0.3, -0.25) is 4.79 Å². The lowest BCUT2D eigenvalue weighted by atomic mass is 10.1. The summed E-state index contributed by atoms with van der Waals surface area (Å²) >= 11 is 10.3. The molecule has 0 aliphatic carbocycles. The zero-order valence-corrected chi connectivity index (χ0v) is 10.2. The first-order valence-corrected chi connectivity index (χ1v) is 6.22. The molecule has 0 radical (unpaired) electrons. The molecule has 1 aromatic carbocycles. The zero-order chi connectivity index (χ0) is 10.1. The fourth-order valence-corrected chi connectivity index (χ4v) is 2.60. The summed E-state index contributed by atoms with van der Waals surface area (Å²) in [6.45, 7) is 0. The summed E-state index contributed by atoms with van der Waals surface area (Å²) in [6, 6.07) is 7.81. The average molecular weight is 290 g/mol. The normalized spacial score (nSPS) is 13.0. The molecule has 14 heavy (non-hydrogen) atoms. The Labute approximate surface area is 98.8 Å². The Morgan fingerprint density at radius 3 is 2.86 bits per heavy atom. The van der Waals surface area contributed by atoms with Crippen LogP contribution < -0.4 is 0 Å². The standard InChI is InChI=1S/C10H6BrClOS/c11-10(12)9(13)7-5-14-8-4-2-1-3-6(7)8/h1-5,10H. The number of hydrogen-bond donors (Lipinski definition) is 0. The third kappa shape index (κ3) is 1.72. The van der Waals surface area contributed by atoms with E-state index in [4.69, 9.17) is 11.6 Å². The van der Waals surface area contributed by atoms with Crippen molar-refractivity contribution in [3.8, 4) is 0 Å². The number of rotatable bonds is 2. The third-order valence-electron chi connectivity index (χ3n) is 1.94. The van der Waals surface area contributed by atoms with Crippen LogP contribution in [-0.2, 0) is 0 Å². The van der Waals surface area contributed by atoms with E-state index >= 15 is 0 Å². The molecule has 1 unspecified atom stereocenters.